The van der Waals surface area contributed by atoms with E-state index < -0.39 is 0 Å². The average Bonchev–Trinajstić information content (AvgIpc) is 1.89. The van der Waals surface area contributed by atoms with Crippen LogP contribution in [0.2, 0.25) is 0 Å². The summed E-state index contributed by atoms with van der Waals surface area (Å²) in [5.74, 6) is 0.847. The lowest BCUT2D eigenvalue weighted by Gasteiger charge is -1.90. The molecule has 2 heteroatoms. The van der Waals surface area contributed by atoms with Crippen LogP contribution in [0.15, 0.2) is 0 Å². The Kier molecular flexibility index (Phi) is 16.2. The molecule has 0 aliphatic rings. The van der Waals surface area contributed by atoms with E-state index in [1.54, 1.807) is 0 Å². The van der Waals surface area contributed by atoms with Gasteiger partial charge in [-0.15, -0.1) is 18.5 Å². The molecule has 0 saturated heterocycles. The van der Waals surface area contributed by atoms with Gasteiger partial charge in [0.1, 0.15) is 0 Å². The third kappa shape index (κ3) is 28.0. The molecule has 0 aromatic carbocycles. The van der Waals surface area contributed by atoms with Crippen molar-refractivity contribution in [1.82, 2.24) is 0 Å². The van der Waals surface area contributed by atoms with Gasteiger partial charge in [0.15, 0.2) is 0 Å². The molecule has 0 N–H and O–H groups in total. The van der Waals surface area contributed by atoms with Crippen LogP contribution in [0.3, 0.4) is 0 Å². The highest BCUT2D eigenvalue weighted by molar-refractivity contribution is 7.16. The van der Waals surface area contributed by atoms with Crippen molar-refractivity contribution >= 4 is 18.5 Å². The molecule has 0 aliphatic heterocycles. The standard InChI is InChI=1S/C4H11P.C3H9P/c1-4(2)3-5;1-2-3-4/h4H,3,5H2,1-2H3;2-4H2,1H3. The van der Waals surface area contributed by atoms with Gasteiger partial charge >= 0.3 is 0 Å². The molecule has 9 heavy (non-hydrogen) atoms. The molecule has 0 amide bonds. The first kappa shape index (κ1) is 12.5. The van der Waals surface area contributed by atoms with Gasteiger partial charge in [0, 0.05) is 0 Å². The lowest BCUT2D eigenvalue weighted by atomic mass is 10.3. The first-order valence-corrected chi connectivity index (χ1v) is 5.22. The number of rotatable bonds is 2. The normalized spacial score (nSPS) is 8.67. The van der Waals surface area contributed by atoms with Crippen molar-refractivity contribution in [2.75, 3.05) is 12.3 Å². The molecule has 0 rings (SSSR count). The van der Waals surface area contributed by atoms with E-state index in [1.807, 2.05) is 0 Å². The highest BCUT2D eigenvalue weighted by Crippen LogP contribution is 1.94. The Morgan fingerprint density at radius 2 is 1.44 bits per heavy atom. The van der Waals surface area contributed by atoms with E-state index in [0.717, 1.165) is 5.92 Å². The van der Waals surface area contributed by atoms with Crippen molar-refractivity contribution in [3.8, 4) is 0 Å². The maximum atomic E-state index is 2.69. The molecule has 0 bridgehead atoms. The van der Waals surface area contributed by atoms with Gasteiger partial charge in [-0.3, -0.25) is 0 Å². The first-order valence-electron chi connectivity index (χ1n) is 3.59. The molecule has 0 heterocycles. The summed E-state index contributed by atoms with van der Waals surface area (Å²) in [6.07, 6.45) is 3.74. The summed E-state index contributed by atoms with van der Waals surface area (Å²) in [7, 11) is 5.35. The van der Waals surface area contributed by atoms with Crippen molar-refractivity contribution in [2.45, 2.75) is 27.2 Å². The minimum atomic E-state index is 0.847. The third-order valence-electron chi connectivity index (χ3n) is 0.760. The van der Waals surface area contributed by atoms with Crippen LogP contribution < -0.4 is 0 Å². The molecule has 0 fully saturated rings. The summed E-state index contributed by atoms with van der Waals surface area (Å²) < 4.78 is 0. The van der Waals surface area contributed by atoms with Crippen LogP contribution in [0.25, 0.3) is 0 Å². The maximum Gasteiger partial charge on any atom is -0.0358 e. The molecule has 0 saturated carbocycles. The monoisotopic (exact) mass is 166 g/mol. The van der Waals surface area contributed by atoms with Gasteiger partial charge in [-0.25, -0.2) is 0 Å². The van der Waals surface area contributed by atoms with E-state index in [4.69, 9.17) is 0 Å². The molecule has 2 unspecified atom stereocenters. The van der Waals surface area contributed by atoms with Crippen LogP contribution in [0.1, 0.15) is 27.2 Å². The van der Waals surface area contributed by atoms with E-state index in [9.17, 15) is 0 Å². The minimum Gasteiger partial charge on any atom is -0.138 e. The van der Waals surface area contributed by atoms with E-state index in [-0.39, 0.29) is 0 Å². The van der Waals surface area contributed by atoms with Crippen LogP contribution >= 0.6 is 18.5 Å². The number of hydrogen-bond acceptors (Lipinski definition) is 0. The van der Waals surface area contributed by atoms with E-state index in [2.05, 4.69) is 39.3 Å². The summed E-state index contributed by atoms with van der Waals surface area (Å²) >= 11 is 0. The van der Waals surface area contributed by atoms with Crippen LogP contribution in [0.5, 0.6) is 0 Å². The molecule has 0 aromatic heterocycles. The third-order valence-corrected chi connectivity index (χ3v) is 2.28. The van der Waals surface area contributed by atoms with Crippen LogP contribution in [-0.2, 0) is 0 Å². The molecule has 0 spiro atoms. The van der Waals surface area contributed by atoms with E-state index in [0.29, 0.717) is 0 Å². The number of hydrogen-bond donors (Lipinski definition) is 0. The quantitative estimate of drug-likeness (QED) is 0.553. The molecular formula is C7H20P2. The van der Waals surface area contributed by atoms with Crippen molar-refractivity contribution < 1.29 is 0 Å². The molecule has 0 radical (unpaired) electrons. The van der Waals surface area contributed by atoms with Gasteiger partial charge in [-0.1, -0.05) is 27.2 Å². The van der Waals surface area contributed by atoms with Crippen LogP contribution in [-0.4, -0.2) is 12.3 Å². The summed E-state index contributed by atoms with van der Waals surface area (Å²) in [4.78, 5) is 0. The Labute approximate surface area is 64.6 Å². The van der Waals surface area contributed by atoms with Gasteiger partial charge < -0.3 is 0 Å². The van der Waals surface area contributed by atoms with E-state index >= 15 is 0 Å². The smallest absolute Gasteiger partial charge is 0.0358 e. The maximum absolute atomic E-state index is 2.69. The lowest BCUT2D eigenvalue weighted by Crippen LogP contribution is -1.82. The Morgan fingerprint density at radius 1 is 1.22 bits per heavy atom. The lowest BCUT2D eigenvalue weighted by molar-refractivity contribution is 0.750. The predicted molar refractivity (Wildman–Crippen MR) is 54.3 cm³/mol. The summed E-state index contributed by atoms with van der Waals surface area (Å²) in [5, 5.41) is 0. The van der Waals surface area contributed by atoms with Crippen molar-refractivity contribution in [1.29, 1.82) is 0 Å². The SMILES string of the molecule is CC(C)CP.CCCP. The fraction of sp³-hybridized carbons (Fsp3) is 1.00. The van der Waals surface area contributed by atoms with Gasteiger partial charge in [0.05, 0.1) is 0 Å². The second-order valence-corrected chi connectivity index (χ2v) is 3.47. The highest BCUT2D eigenvalue weighted by atomic mass is 31.0. The minimum absolute atomic E-state index is 0.847. The predicted octanol–water partition coefficient (Wildman–Crippen LogP) is 2.79. The fourth-order valence-electron chi connectivity index (χ4n) is 0. The highest BCUT2D eigenvalue weighted by Gasteiger charge is 1.80. The fourth-order valence-corrected chi connectivity index (χ4v) is 0. The Morgan fingerprint density at radius 3 is 1.44 bits per heavy atom. The van der Waals surface area contributed by atoms with Crippen molar-refractivity contribution in [3.63, 3.8) is 0 Å². The second-order valence-electron chi connectivity index (χ2n) is 2.42. The largest absolute Gasteiger partial charge is 0.138 e. The Balaban J connectivity index is 0. The van der Waals surface area contributed by atoms with Gasteiger partial charge in [-0.2, -0.15) is 0 Å². The summed E-state index contributed by atoms with van der Waals surface area (Å²) in [6.45, 7) is 6.56. The van der Waals surface area contributed by atoms with Gasteiger partial charge in [0.25, 0.3) is 0 Å². The average molecular weight is 166 g/mol. The first-order chi connectivity index (χ1) is 4.18. The Bertz CT molecular complexity index is 33.9. The zero-order valence-corrected chi connectivity index (χ0v) is 9.16. The van der Waals surface area contributed by atoms with Gasteiger partial charge in [-0.05, 0) is 18.2 Å². The van der Waals surface area contributed by atoms with Crippen molar-refractivity contribution in [2.24, 2.45) is 5.92 Å². The van der Waals surface area contributed by atoms with Crippen LogP contribution in [0, 0.1) is 5.92 Å². The van der Waals surface area contributed by atoms with Crippen molar-refractivity contribution in [3.05, 3.63) is 0 Å². The molecular weight excluding hydrogens is 146 g/mol. The Hall–Kier alpha value is 0.860. The second kappa shape index (κ2) is 11.6. The zero-order chi connectivity index (χ0) is 7.70. The topological polar surface area (TPSA) is 0 Å². The molecule has 0 aliphatic carbocycles. The van der Waals surface area contributed by atoms with E-state index in [1.165, 1.54) is 18.7 Å². The molecule has 2 atom stereocenters. The molecule has 0 nitrogen and oxygen atoms in total. The molecule has 58 valence electrons. The summed E-state index contributed by atoms with van der Waals surface area (Å²) in [5.41, 5.74) is 0. The zero-order valence-electron chi connectivity index (χ0n) is 6.85. The van der Waals surface area contributed by atoms with Gasteiger partial charge in [0.2, 0.25) is 0 Å². The molecule has 0 aromatic rings. The summed E-state index contributed by atoms with van der Waals surface area (Å²) in [6, 6.07) is 0. The van der Waals surface area contributed by atoms with Crippen LogP contribution in [0.4, 0.5) is 0 Å².